The largest absolute Gasteiger partial charge is 0.241 e. The first-order chi connectivity index (χ1) is 5.50. The quantitative estimate of drug-likeness (QED) is 0.545. The highest BCUT2D eigenvalue weighted by atomic mass is 15.7. The summed E-state index contributed by atoms with van der Waals surface area (Å²) in [5.74, 6) is 0. The standard InChI is InChI=1S/C10H20N2/c1-10(2,3)12-9-6-5-8(7-9)11(12)4/h8-9H,5-7H2,1-4H3. The minimum Gasteiger partial charge on any atom is -0.241 e. The van der Waals surface area contributed by atoms with Crippen LogP contribution in [0, 0.1) is 0 Å². The molecule has 2 atom stereocenters. The molecule has 2 unspecified atom stereocenters. The number of hydrogen-bond donors (Lipinski definition) is 0. The monoisotopic (exact) mass is 168 g/mol. The highest BCUT2D eigenvalue weighted by Crippen LogP contribution is 2.40. The maximum absolute atomic E-state index is 2.57. The van der Waals surface area contributed by atoms with E-state index >= 15 is 0 Å². The van der Waals surface area contributed by atoms with E-state index in [4.69, 9.17) is 0 Å². The van der Waals surface area contributed by atoms with E-state index in [0.29, 0.717) is 5.54 Å². The van der Waals surface area contributed by atoms with Gasteiger partial charge in [0, 0.05) is 24.7 Å². The smallest absolute Gasteiger partial charge is 0.0275 e. The van der Waals surface area contributed by atoms with E-state index < -0.39 is 0 Å². The van der Waals surface area contributed by atoms with E-state index in [0.717, 1.165) is 12.1 Å². The molecule has 12 heavy (non-hydrogen) atoms. The van der Waals surface area contributed by atoms with E-state index in [-0.39, 0.29) is 0 Å². The number of fused-ring (bicyclic) bond motifs is 2. The van der Waals surface area contributed by atoms with Crippen molar-refractivity contribution in [3.05, 3.63) is 0 Å². The zero-order valence-corrected chi connectivity index (χ0v) is 8.67. The summed E-state index contributed by atoms with van der Waals surface area (Å²) in [6.07, 6.45) is 4.22. The molecule has 2 fully saturated rings. The molecule has 0 aromatic rings. The number of nitrogens with zero attached hydrogens (tertiary/aromatic N) is 2. The number of hydrazine groups is 1. The zero-order chi connectivity index (χ0) is 8.93. The first-order valence-corrected chi connectivity index (χ1v) is 5.02. The van der Waals surface area contributed by atoms with E-state index in [9.17, 15) is 0 Å². The lowest BCUT2D eigenvalue weighted by atomic mass is 10.1. The van der Waals surface area contributed by atoms with Crippen LogP contribution in [0.4, 0.5) is 0 Å². The lowest BCUT2D eigenvalue weighted by molar-refractivity contribution is -0.0957. The van der Waals surface area contributed by atoms with Crippen LogP contribution in [0.3, 0.4) is 0 Å². The minimum atomic E-state index is 0.314. The molecule has 1 aliphatic carbocycles. The fourth-order valence-electron chi connectivity index (χ4n) is 2.95. The van der Waals surface area contributed by atoms with Gasteiger partial charge in [-0.2, -0.15) is 0 Å². The maximum Gasteiger partial charge on any atom is 0.0275 e. The van der Waals surface area contributed by atoms with Crippen molar-refractivity contribution >= 4 is 0 Å². The molecule has 0 spiro atoms. The highest BCUT2D eigenvalue weighted by Gasteiger charge is 2.46. The van der Waals surface area contributed by atoms with Gasteiger partial charge in [-0.05, 0) is 40.0 Å². The molecule has 1 saturated heterocycles. The predicted octanol–water partition coefficient (Wildman–Crippen LogP) is 1.87. The van der Waals surface area contributed by atoms with Gasteiger partial charge in [-0.3, -0.25) is 0 Å². The Balaban J connectivity index is 2.17. The molecule has 0 amide bonds. The van der Waals surface area contributed by atoms with Crippen LogP contribution in [-0.2, 0) is 0 Å². The fourth-order valence-corrected chi connectivity index (χ4v) is 2.95. The molecule has 0 radical (unpaired) electrons. The van der Waals surface area contributed by atoms with Crippen molar-refractivity contribution in [3.8, 4) is 0 Å². The Kier molecular flexibility index (Phi) is 1.74. The fraction of sp³-hybridized carbons (Fsp3) is 1.00. The molecular formula is C10H20N2. The topological polar surface area (TPSA) is 6.48 Å². The van der Waals surface area contributed by atoms with Crippen molar-refractivity contribution in [2.75, 3.05) is 7.05 Å². The Morgan fingerprint density at radius 2 is 1.67 bits per heavy atom. The number of hydrogen-bond acceptors (Lipinski definition) is 2. The van der Waals surface area contributed by atoms with Crippen LogP contribution >= 0.6 is 0 Å². The van der Waals surface area contributed by atoms with Gasteiger partial charge < -0.3 is 0 Å². The van der Waals surface area contributed by atoms with Crippen molar-refractivity contribution in [3.63, 3.8) is 0 Å². The molecule has 0 aromatic carbocycles. The van der Waals surface area contributed by atoms with E-state index in [1.807, 2.05) is 0 Å². The van der Waals surface area contributed by atoms with E-state index in [1.54, 1.807) is 0 Å². The third-order valence-electron chi connectivity index (χ3n) is 3.28. The van der Waals surface area contributed by atoms with Crippen molar-refractivity contribution < 1.29 is 0 Å². The molecule has 0 aromatic heterocycles. The molecule has 2 nitrogen and oxygen atoms in total. The SMILES string of the molecule is CN1C2CCC(C2)N1C(C)(C)C. The van der Waals surface area contributed by atoms with Gasteiger partial charge in [-0.15, -0.1) is 0 Å². The molecular weight excluding hydrogens is 148 g/mol. The third kappa shape index (κ3) is 1.09. The van der Waals surface area contributed by atoms with Crippen LogP contribution in [0.15, 0.2) is 0 Å². The molecule has 2 heteroatoms. The minimum absolute atomic E-state index is 0.314. The second kappa shape index (κ2) is 2.46. The van der Waals surface area contributed by atoms with Gasteiger partial charge in [-0.1, -0.05) is 0 Å². The molecule has 2 aliphatic rings. The summed E-state index contributed by atoms with van der Waals surface area (Å²) < 4.78 is 0. The lowest BCUT2D eigenvalue weighted by Gasteiger charge is -2.44. The van der Waals surface area contributed by atoms with Crippen LogP contribution in [0.25, 0.3) is 0 Å². The second-order valence-electron chi connectivity index (χ2n) is 5.21. The molecule has 0 N–H and O–H groups in total. The van der Waals surface area contributed by atoms with Crippen molar-refractivity contribution in [2.45, 2.75) is 57.7 Å². The van der Waals surface area contributed by atoms with Crippen LogP contribution in [0.2, 0.25) is 0 Å². The third-order valence-corrected chi connectivity index (χ3v) is 3.28. The Labute approximate surface area is 75.5 Å². The molecule has 1 heterocycles. The molecule has 2 bridgehead atoms. The summed E-state index contributed by atoms with van der Waals surface area (Å²) >= 11 is 0. The van der Waals surface area contributed by atoms with Crippen LogP contribution in [0.1, 0.15) is 40.0 Å². The molecule has 1 aliphatic heterocycles. The Bertz CT molecular complexity index is 181. The van der Waals surface area contributed by atoms with Crippen molar-refractivity contribution in [1.82, 2.24) is 10.0 Å². The highest BCUT2D eigenvalue weighted by molar-refractivity contribution is 4.97. The van der Waals surface area contributed by atoms with Gasteiger partial charge in [0.1, 0.15) is 0 Å². The van der Waals surface area contributed by atoms with Crippen molar-refractivity contribution in [1.29, 1.82) is 0 Å². The average Bonchev–Trinajstić information content (AvgIpc) is 2.42. The summed E-state index contributed by atoms with van der Waals surface area (Å²) in [4.78, 5) is 0. The summed E-state index contributed by atoms with van der Waals surface area (Å²) in [7, 11) is 2.25. The van der Waals surface area contributed by atoms with Gasteiger partial charge in [0.15, 0.2) is 0 Å². The van der Waals surface area contributed by atoms with Crippen LogP contribution in [0.5, 0.6) is 0 Å². The van der Waals surface area contributed by atoms with Crippen LogP contribution in [-0.4, -0.2) is 34.7 Å². The maximum atomic E-state index is 2.57. The van der Waals surface area contributed by atoms with Crippen LogP contribution < -0.4 is 0 Å². The zero-order valence-electron chi connectivity index (χ0n) is 8.67. The Morgan fingerprint density at radius 1 is 1.08 bits per heavy atom. The van der Waals surface area contributed by atoms with Gasteiger partial charge in [0.2, 0.25) is 0 Å². The van der Waals surface area contributed by atoms with Gasteiger partial charge >= 0.3 is 0 Å². The molecule has 2 rings (SSSR count). The number of rotatable bonds is 0. The lowest BCUT2D eigenvalue weighted by Crippen LogP contribution is -2.54. The first kappa shape index (κ1) is 8.52. The van der Waals surface area contributed by atoms with Gasteiger partial charge in [0.05, 0.1) is 0 Å². The average molecular weight is 168 g/mol. The summed E-state index contributed by atoms with van der Waals surface area (Å²) in [6.45, 7) is 6.93. The Hall–Kier alpha value is -0.0800. The molecule has 1 saturated carbocycles. The molecule has 70 valence electrons. The Morgan fingerprint density at radius 3 is 2.00 bits per heavy atom. The van der Waals surface area contributed by atoms with Gasteiger partial charge in [0.25, 0.3) is 0 Å². The normalized spacial score (nSPS) is 38.0. The van der Waals surface area contributed by atoms with E-state index in [1.165, 1.54) is 19.3 Å². The summed E-state index contributed by atoms with van der Waals surface area (Å²) in [5, 5.41) is 5.04. The summed E-state index contributed by atoms with van der Waals surface area (Å²) in [6, 6.07) is 1.68. The second-order valence-corrected chi connectivity index (χ2v) is 5.21. The first-order valence-electron chi connectivity index (χ1n) is 5.02. The predicted molar refractivity (Wildman–Crippen MR) is 50.8 cm³/mol. The van der Waals surface area contributed by atoms with Crippen molar-refractivity contribution in [2.24, 2.45) is 0 Å². The summed E-state index contributed by atoms with van der Waals surface area (Å²) in [5.41, 5.74) is 0.314. The van der Waals surface area contributed by atoms with Gasteiger partial charge in [-0.25, -0.2) is 10.0 Å². The van der Waals surface area contributed by atoms with E-state index in [2.05, 4.69) is 37.8 Å².